The third kappa shape index (κ3) is 1.75. The number of Topliss-reactive ketones (excluding diaryl/α,β-unsaturated/α-hetero) is 1. The van der Waals surface area contributed by atoms with E-state index in [1.165, 1.54) is 19.3 Å². The highest BCUT2D eigenvalue weighted by Crippen LogP contribution is 2.49. The minimum absolute atomic E-state index is 0.0420. The van der Waals surface area contributed by atoms with Crippen LogP contribution in [0, 0.1) is 23.7 Å². The topological polar surface area (TPSA) is 35.5 Å². The van der Waals surface area contributed by atoms with Gasteiger partial charge in [0.05, 0.1) is 12.0 Å². The van der Waals surface area contributed by atoms with E-state index in [1.807, 2.05) is 6.92 Å². The maximum Gasteiger partial charge on any atom is 0.161 e. The van der Waals surface area contributed by atoms with Crippen molar-refractivity contribution in [1.29, 1.82) is 0 Å². The van der Waals surface area contributed by atoms with Gasteiger partial charge in [-0.05, 0) is 32.1 Å². The summed E-state index contributed by atoms with van der Waals surface area (Å²) >= 11 is 0. The van der Waals surface area contributed by atoms with Gasteiger partial charge in [-0.1, -0.05) is 12.8 Å². The molecule has 2 aliphatic carbocycles. The monoisotopic (exact) mass is 238 g/mol. The van der Waals surface area contributed by atoms with Crippen molar-refractivity contribution in [2.24, 2.45) is 23.7 Å². The molecular weight excluding hydrogens is 216 g/mol. The molecule has 0 aromatic rings. The smallest absolute Gasteiger partial charge is 0.161 e. The lowest BCUT2D eigenvalue weighted by Crippen LogP contribution is -2.44. The molecule has 0 N–H and O–H groups in total. The molecule has 0 radical (unpaired) electrons. The Kier molecular flexibility index (Phi) is 2.99. The van der Waals surface area contributed by atoms with E-state index in [-0.39, 0.29) is 18.3 Å². The summed E-state index contributed by atoms with van der Waals surface area (Å²) in [5.41, 5.74) is 0. The van der Waals surface area contributed by atoms with Crippen molar-refractivity contribution in [3.63, 3.8) is 0 Å². The van der Waals surface area contributed by atoms with Crippen LogP contribution in [0.5, 0.6) is 0 Å². The Labute approximate surface area is 103 Å². The van der Waals surface area contributed by atoms with Crippen molar-refractivity contribution in [1.82, 2.24) is 0 Å². The fraction of sp³-hybridized carbons (Fsp3) is 0.929. The molecule has 0 bridgehead atoms. The number of ketones is 1. The van der Waals surface area contributed by atoms with Gasteiger partial charge in [0.15, 0.2) is 6.29 Å². The predicted octanol–water partition coefficient (Wildman–Crippen LogP) is 2.39. The molecule has 1 saturated heterocycles. The second-order valence-corrected chi connectivity index (χ2v) is 5.92. The van der Waals surface area contributed by atoms with Crippen molar-refractivity contribution in [3.05, 3.63) is 0 Å². The highest BCUT2D eigenvalue weighted by atomic mass is 16.7. The van der Waals surface area contributed by atoms with Gasteiger partial charge >= 0.3 is 0 Å². The van der Waals surface area contributed by atoms with E-state index in [9.17, 15) is 4.79 Å². The number of carbonyl (C=O) groups excluding carboxylic acids is 1. The molecule has 2 saturated carbocycles. The number of fused-ring (bicyclic) bond motifs is 2. The SMILES string of the molecule is CO[C@H]1O[C@@H](C)[C@@H]2C(=O)[C@H]3CCCC[C@@H]3C[C@H]12. The average molecular weight is 238 g/mol. The standard InChI is InChI=1S/C14H22O3/c1-8-12-11(14(16-2)17-8)7-9-5-3-4-6-10(9)13(12)15/h8-12,14H,3-7H2,1-2H3/t8-,9+,10-,11-,12-,14-/m0/s1. The Morgan fingerprint density at radius 1 is 1.29 bits per heavy atom. The number of hydrogen-bond donors (Lipinski definition) is 0. The highest BCUT2D eigenvalue weighted by Gasteiger charge is 2.53. The van der Waals surface area contributed by atoms with Crippen molar-refractivity contribution >= 4 is 5.78 Å². The molecule has 6 atom stereocenters. The van der Waals surface area contributed by atoms with Gasteiger partial charge in [-0.25, -0.2) is 0 Å². The van der Waals surface area contributed by atoms with Gasteiger partial charge in [-0.2, -0.15) is 0 Å². The molecule has 96 valence electrons. The Hall–Kier alpha value is -0.410. The molecule has 17 heavy (non-hydrogen) atoms. The van der Waals surface area contributed by atoms with Crippen LogP contribution in [0.1, 0.15) is 39.0 Å². The summed E-state index contributed by atoms with van der Waals surface area (Å²) in [6.45, 7) is 2.03. The molecule has 3 aliphatic rings. The van der Waals surface area contributed by atoms with Crippen molar-refractivity contribution in [3.8, 4) is 0 Å². The van der Waals surface area contributed by atoms with Gasteiger partial charge in [0.1, 0.15) is 5.78 Å². The van der Waals surface area contributed by atoms with Gasteiger partial charge in [0.2, 0.25) is 0 Å². The largest absolute Gasteiger partial charge is 0.356 e. The minimum Gasteiger partial charge on any atom is -0.356 e. The first-order valence-corrected chi connectivity index (χ1v) is 6.94. The maximum absolute atomic E-state index is 12.6. The Balaban J connectivity index is 1.85. The first-order chi connectivity index (χ1) is 8.22. The number of rotatable bonds is 1. The van der Waals surface area contributed by atoms with Crippen LogP contribution in [0.3, 0.4) is 0 Å². The average Bonchev–Trinajstić information content (AvgIpc) is 2.66. The fourth-order valence-corrected chi connectivity index (χ4v) is 4.31. The lowest BCUT2D eigenvalue weighted by Gasteiger charge is -2.40. The minimum atomic E-state index is -0.151. The number of methoxy groups -OCH3 is 1. The third-order valence-corrected chi connectivity index (χ3v) is 5.08. The van der Waals surface area contributed by atoms with E-state index < -0.39 is 0 Å². The van der Waals surface area contributed by atoms with E-state index in [0.717, 1.165) is 12.8 Å². The summed E-state index contributed by atoms with van der Waals surface area (Å²) in [7, 11) is 1.69. The molecule has 0 spiro atoms. The molecule has 3 nitrogen and oxygen atoms in total. The van der Waals surface area contributed by atoms with Crippen LogP contribution >= 0.6 is 0 Å². The zero-order valence-electron chi connectivity index (χ0n) is 10.7. The molecule has 0 aromatic carbocycles. The molecule has 1 aliphatic heterocycles. The molecule has 0 amide bonds. The van der Waals surface area contributed by atoms with Gasteiger partial charge in [-0.15, -0.1) is 0 Å². The van der Waals surface area contributed by atoms with Gasteiger partial charge < -0.3 is 9.47 Å². The Morgan fingerprint density at radius 3 is 2.82 bits per heavy atom. The van der Waals surface area contributed by atoms with Crippen LogP contribution in [0.2, 0.25) is 0 Å². The first-order valence-electron chi connectivity index (χ1n) is 6.94. The van der Waals surface area contributed by atoms with Crippen LogP contribution in [0.15, 0.2) is 0 Å². The van der Waals surface area contributed by atoms with Gasteiger partial charge in [0, 0.05) is 18.9 Å². The summed E-state index contributed by atoms with van der Waals surface area (Å²) in [6, 6.07) is 0. The quantitative estimate of drug-likeness (QED) is 0.703. The summed E-state index contributed by atoms with van der Waals surface area (Å²) in [6.07, 6.45) is 5.88. The van der Waals surface area contributed by atoms with E-state index in [2.05, 4.69) is 0 Å². The highest BCUT2D eigenvalue weighted by molar-refractivity contribution is 5.85. The fourth-order valence-electron chi connectivity index (χ4n) is 4.31. The summed E-state index contributed by atoms with van der Waals surface area (Å²) in [5, 5.41) is 0. The maximum atomic E-state index is 12.6. The zero-order valence-corrected chi connectivity index (χ0v) is 10.7. The summed E-state index contributed by atoms with van der Waals surface area (Å²) < 4.78 is 11.2. The Bertz CT molecular complexity index is 315. The van der Waals surface area contributed by atoms with E-state index in [0.29, 0.717) is 23.5 Å². The van der Waals surface area contributed by atoms with Crippen molar-refractivity contribution in [2.75, 3.05) is 7.11 Å². The lowest BCUT2D eigenvalue weighted by atomic mass is 9.62. The number of carbonyl (C=O) groups is 1. The number of hydrogen-bond acceptors (Lipinski definition) is 3. The molecule has 3 fully saturated rings. The molecule has 0 aromatic heterocycles. The lowest BCUT2D eigenvalue weighted by molar-refractivity contribution is -0.139. The molecule has 3 heteroatoms. The number of ether oxygens (including phenoxy) is 2. The first kappa shape index (κ1) is 11.7. The third-order valence-electron chi connectivity index (χ3n) is 5.08. The van der Waals surface area contributed by atoms with Crippen LogP contribution in [0.4, 0.5) is 0 Å². The van der Waals surface area contributed by atoms with E-state index in [1.54, 1.807) is 7.11 Å². The summed E-state index contributed by atoms with van der Waals surface area (Å²) in [4.78, 5) is 12.6. The molecular formula is C14H22O3. The van der Waals surface area contributed by atoms with Crippen molar-refractivity contribution in [2.45, 2.75) is 51.4 Å². The summed E-state index contributed by atoms with van der Waals surface area (Å²) in [5.74, 6) is 1.80. The predicted molar refractivity (Wildman–Crippen MR) is 63.4 cm³/mol. The van der Waals surface area contributed by atoms with Gasteiger partial charge in [0.25, 0.3) is 0 Å². The van der Waals surface area contributed by atoms with Crippen molar-refractivity contribution < 1.29 is 14.3 Å². The van der Waals surface area contributed by atoms with E-state index >= 15 is 0 Å². The Morgan fingerprint density at radius 2 is 2.06 bits per heavy atom. The normalized spacial score (nSPS) is 49.9. The second kappa shape index (κ2) is 4.36. The van der Waals surface area contributed by atoms with E-state index in [4.69, 9.17) is 9.47 Å². The van der Waals surface area contributed by atoms with Crippen LogP contribution in [0.25, 0.3) is 0 Å². The van der Waals surface area contributed by atoms with Crippen LogP contribution in [-0.4, -0.2) is 25.3 Å². The van der Waals surface area contributed by atoms with Crippen LogP contribution in [-0.2, 0) is 14.3 Å². The molecule has 0 unspecified atom stereocenters. The van der Waals surface area contributed by atoms with Gasteiger partial charge in [-0.3, -0.25) is 4.79 Å². The van der Waals surface area contributed by atoms with Crippen LogP contribution < -0.4 is 0 Å². The second-order valence-electron chi connectivity index (χ2n) is 5.92. The molecule has 1 heterocycles. The zero-order chi connectivity index (χ0) is 12.0. The molecule has 3 rings (SSSR count).